The van der Waals surface area contributed by atoms with Crippen LogP contribution in [0.2, 0.25) is 0 Å². The fourth-order valence-corrected chi connectivity index (χ4v) is 2.66. The molecule has 0 spiro atoms. The highest BCUT2D eigenvalue weighted by Gasteiger charge is 2.22. The Morgan fingerprint density at radius 3 is 2.48 bits per heavy atom. The van der Waals surface area contributed by atoms with Crippen LogP contribution in [0.4, 0.5) is 0 Å². The number of rotatable bonds is 8. The van der Waals surface area contributed by atoms with Crippen molar-refractivity contribution in [3.63, 3.8) is 0 Å². The van der Waals surface area contributed by atoms with Crippen LogP contribution in [0.3, 0.4) is 0 Å². The number of sulfone groups is 1. The molecule has 3 N–H and O–H groups in total. The summed E-state index contributed by atoms with van der Waals surface area (Å²) < 4.78 is 22.7. The Hall–Kier alpha value is -1.47. The van der Waals surface area contributed by atoms with E-state index >= 15 is 0 Å². The first-order valence-electron chi connectivity index (χ1n) is 6.67. The van der Waals surface area contributed by atoms with Crippen LogP contribution in [-0.2, 0) is 21.1 Å². The topological polar surface area (TPSA) is 89.3 Å². The SMILES string of the molecule is CCS(=O)(=O)CCNC(=O)C(Cc1ccccc1)C(N)=S. The molecule has 1 atom stereocenters. The van der Waals surface area contributed by atoms with Crippen LogP contribution < -0.4 is 11.1 Å². The lowest BCUT2D eigenvalue weighted by atomic mass is 9.98. The molecule has 0 aromatic heterocycles. The monoisotopic (exact) mass is 328 g/mol. The van der Waals surface area contributed by atoms with Crippen molar-refractivity contribution in [3.8, 4) is 0 Å². The fourth-order valence-electron chi connectivity index (χ4n) is 1.77. The van der Waals surface area contributed by atoms with Crippen molar-refractivity contribution < 1.29 is 13.2 Å². The number of hydrogen-bond donors (Lipinski definition) is 2. The van der Waals surface area contributed by atoms with Crippen molar-refractivity contribution in [2.75, 3.05) is 18.1 Å². The number of amides is 1. The molecule has 0 radical (unpaired) electrons. The third-order valence-corrected chi connectivity index (χ3v) is 5.09. The Morgan fingerprint density at radius 1 is 1.33 bits per heavy atom. The van der Waals surface area contributed by atoms with Gasteiger partial charge >= 0.3 is 0 Å². The molecule has 0 saturated heterocycles. The lowest BCUT2D eigenvalue weighted by molar-refractivity contribution is -0.122. The molecule has 21 heavy (non-hydrogen) atoms. The number of nitrogens with one attached hydrogen (secondary N) is 1. The van der Waals surface area contributed by atoms with Gasteiger partial charge in [0.05, 0.1) is 16.7 Å². The molecule has 0 bridgehead atoms. The zero-order chi connectivity index (χ0) is 15.9. The largest absolute Gasteiger partial charge is 0.393 e. The number of thiocarbonyl (C=S) groups is 1. The van der Waals surface area contributed by atoms with E-state index in [4.69, 9.17) is 18.0 Å². The van der Waals surface area contributed by atoms with E-state index in [9.17, 15) is 13.2 Å². The number of carbonyl (C=O) groups excluding carboxylic acids is 1. The maximum absolute atomic E-state index is 12.1. The quantitative estimate of drug-likeness (QED) is 0.685. The van der Waals surface area contributed by atoms with E-state index in [1.807, 2.05) is 30.3 Å². The molecule has 1 rings (SSSR count). The predicted molar refractivity (Wildman–Crippen MR) is 87.8 cm³/mol. The molecule has 0 saturated carbocycles. The van der Waals surface area contributed by atoms with Crippen LogP contribution >= 0.6 is 12.2 Å². The molecule has 1 unspecified atom stereocenters. The van der Waals surface area contributed by atoms with Crippen molar-refractivity contribution in [3.05, 3.63) is 35.9 Å². The highest BCUT2D eigenvalue weighted by molar-refractivity contribution is 7.91. The van der Waals surface area contributed by atoms with Gasteiger partial charge in [0.15, 0.2) is 9.84 Å². The van der Waals surface area contributed by atoms with Crippen molar-refractivity contribution in [1.82, 2.24) is 5.32 Å². The van der Waals surface area contributed by atoms with E-state index < -0.39 is 15.8 Å². The molecule has 1 aromatic rings. The first kappa shape index (κ1) is 17.6. The number of carbonyl (C=O) groups is 1. The summed E-state index contributed by atoms with van der Waals surface area (Å²) in [6, 6.07) is 9.41. The molecule has 1 amide bonds. The van der Waals surface area contributed by atoms with E-state index in [1.54, 1.807) is 6.92 Å². The average molecular weight is 328 g/mol. The Kier molecular flexibility index (Phi) is 6.77. The standard InChI is InChI=1S/C14H20N2O3S2/c1-2-21(18,19)9-8-16-14(17)12(13(15)20)10-11-6-4-3-5-7-11/h3-7,12H,2,8-10H2,1H3,(H2,15,20)(H,16,17). The average Bonchev–Trinajstić information content (AvgIpc) is 2.45. The molecule has 0 heterocycles. The Labute approximate surface area is 130 Å². The second kappa shape index (κ2) is 8.09. The predicted octanol–water partition coefficient (Wildman–Crippen LogP) is 0.682. The smallest absolute Gasteiger partial charge is 0.230 e. The number of benzene rings is 1. The van der Waals surface area contributed by atoms with Crippen molar-refractivity contribution in [1.29, 1.82) is 0 Å². The summed E-state index contributed by atoms with van der Waals surface area (Å²) >= 11 is 4.94. The normalized spacial score (nSPS) is 12.6. The molecule has 0 aliphatic carbocycles. The third-order valence-electron chi connectivity index (χ3n) is 3.09. The third kappa shape index (κ3) is 6.22. The van der Waals surface area contributed by atoms with Gasteiger partial charge in [0.2, 0.25) is 5.91 Å². The Morgan fingerprint density at radius 2 is 1.95 bits per heavy atom. The van der Waals surface area contributed by atoms with Gasteiger partial charge in [-0.15, -0.1) is 0 Å². The molecule has 116 valence electrons. The van der Waals surface area contributed by atoms with Gasteiger partial charge in [-0.25, -0.2) is 8.42 Å². The van der Waals surface area contributed by atoms with E-state index in [1.165, 1.54) is 0 Å². The van der Waals surface area contributed by atoms with E-state index in [-0.39, 0.29) is 28.9 Å². The van der Waals surface area contributed by atoms with Crippen molar-refractivity contribution in [2.45, 2.75) is 13.3 Å². The van der Waals surface area contributed by atoms with Crippen LogP contribution in [0.1, 0.15) is 12.5 Å². The Bertz CT molecular complexity index is 585. The van der Waals surface area contributed by atoms with Gasteiger partial charge in [-0.1, -0.05) is 49.5 Å². The first-order chi connectivity index (χ1) is 9.85. The second-order valence-electron chi connectivity index (χ2n) is 4.67. The molecule has 5 nitrogen and oxygen atoms in total. The van der Waals surface area contributed by atoms with Gasteiger partial charge in [0.25, 0.3) is 0 Å². The molecular formula is C14H20N2O3S2. The van der Waals surface area contributed by atoms with E-state index in [0.29, 0.717) is 6.42 Å². The molecular weight excluding hydrogens is 308 g/mol. The zero-order valence-electron chi connectivity index (χ0n) is 11.9. The minimum Gasteiger partial charge on any atom is -0.393 e. The summed E-state index contributed by atoms with van der Waals surface area (Å²) in [6.07, 6.45) is 0.405. The molecule has 0 aliphatic rings. The van der Waals surface area contributed by atoms with Gasteiger partial charge in [-0.3, -0.25) is 4.79 Å². The second-order valence-corrected chi connectivity index (χ2v) is 7.62. The van der Waals surface area contributed by atoms with Crippen molar-refractivity contribution >= 4 is 33.0 Å². The molecule has 7 heteroatoms. The van der Waals surface area contributed by atoms with Crippen LogP contribution in [0, 0.1) is 5.92 Å². The summed E-state index contributed by atoms with van der Waals surface area (Å²) in [4.78, 5) is 12.2. The van der Waals surface area contributed by atoms with Crippen LogP contribution in [0.25, 0.3) is 0 Å². The van der Waals surface area contributed by atoms with Gasteiger partial charge in [-0.2, -0.15) is 0 Å². The van der Waals surface area contributed by atoms with Crippen molar-refractivity contribution in [2.24, 2.45) is 11.7 Å². The summed E-state index contributed by atoms with van der Waals surface area (Å²) in [7, 11) is -3.10. The van der Waals surface area contributed by atoms with E-state index in [0.717, 1.165) is 5.56 Å². The maximum atomic E-state index is 12.1. The molecule has 0 aliphatic heterocycles. The highest BCUT2D eigenvalue weighted by Crippen LogP contribution is 2.09. The Balaban J connectivity index is 2.60. The lowest BCUT2D eigenvalue weighted by Crippen LogP contribution is -2.40. The van der Waals surface area contributed by atoms with Gasteiger partial charge in [-0.05, 0) is 12.0 Å². The maximum Gasteiger partial charge on any atom is 0.230 e. The zero-order valence-corrected chi connectivity index (χ0v) is 13.5. The summed E-state index contributed by atoms with van der Waals surface area (Å²) in [5, 5.41) is 2.59. The van der Waals surface area contributed by atoms with Crippen LogP contribution in [0.5, 0.6) is 0 Å². The van der Waals surface area contributed by atoms with Gasteiger partial charge < -0.3 is 11.1 Å². The minimum atomic E-state index is -3.10. The van der Waals surface area contributed by atoms with Crippen LogP contribution in [0.15, 0.2) is 30.3 Å². The van der Waals surface area contributed by atoms with Crippen LogP contribution in [-0.4, -0.2) is 37.4 Å². The van der Waals surface area contributed by atoms with Gasteiger partial charge in [0, 0.05) is 12.3 Å². The lowest BCUT2D eigenvalue weighted by Gasteiger charge is -2.15. The number of hydrogen-bond acceptors (Lipinski definition) is 4. The first-order valence-corrected chi connectivity index (χ1v) is 8.90. The summed E-state index contributed by atoms with van der Waals surface area (Å²) in [5.74, 6) is -0.986. The summed E-state index contributed by atoms with van der Waals surface area (Å²) in [6.45, 7) is 1.65. The fraction of sp³-hybridized carbons (Fsp3) is 0.429. The molecule has 0 fully saturated rings. The highest BCUT2D eigenvalue weighted by atomic mass is 32.2. The minimum absolute atomic E-state index is 0.0611. The summed E-state index contributed by atoms with van der Waals surface area (Å²) in [5.41, 5.74) is 6.57. The van der Waals surface area contributed by atoms with E-state index in [2.05, 4.69) is 5.32 Å². The van der Waals surface area contributed by atoms with Gasteiger partial charge in [0.1, 0.15) is 0 Å². The molecule has 1 aromatic carbocycles. The number of nitrogens with two attached hydrogens (primary N) is 1.